The zero-order valence-corrected chi connectivity index (χ0v) is 11.2. The maximum Gasteiger partial charge on any atom is 0.117 e. The van der Waals surface area contributed by atoms with Crippen LogP contribution in [0.4, 0.5) is 0 Å². The molecular weight excluding hydrogens is 262 g/mol. The van der Waals surface area contributed by atoms with Gasteiger partial charge in [-0.1, -0.05) is 30.3 Å². The number of aliphatic imine (C=N–C) groups is 1. The fourth-order valence-electron chi connectivity index (χ4n) is 1.66. The van der Waals surface area contributed by atoms with Crippen molar-refractivity contribution >= 4 is 6.21 Å². The summed E-state index contributed by atoms with van der Waals surface area (Å²) in [5.41, 5.74) is 0.946. The highest BCUT2D eigenvalue weighted by molar-refractivity contribution is 5.64. The molecule has 0 unspecified atom stereocenters. The first-order valence-corrected chi connectivity index (χ1v) is 6.38. The van der Waals surface area contributed by atoms with E-state index in [1.807, 2.05) is 37.3 Å². The molecule has 5 N–H and O–H groups in total. The summed E-state index contributed by atoms with van der Waals surface area (Å²) in [5, 5.41) is 46.6. The van der Waals surface area contributed by atoms with Crippen molar-refractivity contribution in [2.24, 2.45) is 4.99 Å². The lowest BCUT2D eigenvalue weighted by Crippen LogP contribution is -2.46. The van der Waals surface area contributed by atoms with E-state index < -0.39 is 31.0 Å². The fraction of sp³-hybridized carbons (Fsp3) is 0.500. The van der Waals surface area contributed by atoms with Crippen LogP contribution in [0.25, 0.3) is 0 Å². The SMILES string of the molecule is C[C@H](N=C[C@H](O)[C@@H](O)[C@H](O)[C@H](O)CO)c1ccccc1. The van der Waals surface area contributed by atoms with Crippen LogP contribution in [0.15, 0.2) is 35.3 Å². The molecule has 20 heavy (non-hydrogen) atoms. The molecule has 5 atom stereocenters. The predicted octanol–water partition coefficient (Wildman–Crippen LogP) is -0.746. The Kier molecular flexibility index (Phi) is 6.77. The van der Waals surface area contributed by atoms with Gasteiger partial charge in [-0.05, 0) is 12.5 Å². The molecule has 0 saturated carbocycles. The van der Waals surface area contributed by atoms with Gasteiger partial charge in [-0.3, -0.25) is 4.99 Å². The Morgan fingerprint density at radius 1 is 1.05 bits per heavy atom. The lowest BCUT2D eigenvalue weighted by atomic mass is 10.0. The standard InChI is InChI=1S/C14H21NO5/c1-9(10-5-3-2-4-6-10)15-7-11(17)13(19)14(20)12(18)8-16/h2-7,9,11-14,16-20H,8H2,1H3/t9-,11-,12+,13+,14+/m0/s1. The molecular formula is C14H21NO5. The molecule has 0 spiro atoms. The second-order valence-electron chi connectivity index (χ2n) is 4.61. The van der Waals surface area contributed by atoms with Crippen molar-refractivity contribution in [3.05, 3.63) is 35.9 Å². The van der Waals surface area contributed by atoms with E-state index >= 15 is 0 Å². The van der Waals surface area contributed by atoms with Gasteiger partial charge in [-0.2, -0.15) is 0 Å². The Morgan fingerprint density at radius 3 is 2.20 bits per heavy atom. The quantitative estimate of drug-likeness (QED) is 0.423. The van der Waals surface area contributed by atoms with E-state index in [0.717, 1.165) is 11.8 Å². The van der Waals surface area contributed by atoms with Crippen molar-refractivity contribution in [1.29, 1.82) is 0 Å². The molecule has 0 bridgehead atoms. The van der Waals surface area contributed by atoms with Crippen LogP contribution in [0.1, 0.15) is 18.5 Å². The molecule has 1 rings (SSSR count). The van der Waals surface area contributed by atoms with Crippen molar-refractivity contribution < 1.29 is 25.5 Å². The normalized spacial score (nSPS) is 19.5. The van der Waals surface area contributed by atoms with Crippen molar-refractivity contribution in [2.45, 2.75) is 37.4 Å². The smallest absolute Gasteiger partial charge is 0.117 e. The minimum atomic E-state index is -1.64. The van der Waals surface area contributed by atoms with Crippen molar-refractivity contribution in [3.8, 4) is 0 Å². The van der Waals surface area contributed by atoms with Gasteiger partial charge in [0.05, 0.1) is 12.6 Å². The Balaban J connectivity index is 2.61. The second kappa shape index (κ2) is 8.08. The number of aliphatic hydroxyl groups excluding tert-OH is 5. The second-order valence-corrected chi connectivity index (χ2v) is 4.61. The van der Waals surface area contributed by atoms with Gasteiger partial charge >= 0.3 is 0 Å². The Hall–Kier alpha value is -1.31. The molecule has 0 amide bonds. The van der Waals surface area contributed by atoms with Gasteiger partial charge < -0.3 is 25.5 Å². The molecule has 1 aromatic rings. The summed E-state index contributed by atoms with van der Waals surface area (Å²) in [6.45, 7) is 1.12. The highest BCUT2D eigenvalue weighted by Crippen LogP contribution is 2.15. The zero-order valence-electron chi connectivity index (χ0n) is 11.2. The predicted molar refractivity (Wildman–Crippen MR) is 74.5 cm³/mol. The molecule has 0 aliphatic heterocycles. The van der Waals surface area contributed by atoms with Crippen molar-refractivity contribution in [1.82, 2.24) is 0 Å². The number of hydrogen-bond donors (Lipinski definition) is 5. The molecule has 6 nitrogen and oxygen atoms in total. The average molecular weight is 283 g/mol. The minimum Gasteiger partial charge on any atom is -0.394 e. The van der Waals surface area contributed by atoms with E-state index in [4.69, 9.17) is 5.11 Å². The Labute approximate surface area is 117 Å². The van der Waals surface area contributed by atoms with Crippen LogP contribution >= 0.6 is 0 Å². The molecule has 6 heteroatoms. The third-order valence-electron chi connectivity index (χ3n) is 3.03. The summed E-state index contributed by atoms with van der Waals surface area (Å²) in [6, 6.07) is 9.18. The third-order valence-corrected chi connectivity index (χ3v) is 3.03. The van der Waals surface area contributed by atoms with E-state index in [0.29, 0.717) is 0 Å². The molecule has 0 fully saturated rings. The molecule has 1 aromatic carbocycles. The van der Waals surface area contributed by atoms with Crippen LogP contribution in [0.5, 0.6) is 0 Å². The van der Waals surface area contributed by atoms with Crippen molar-refractivity contribution in [3.63, 3.8) is 0 Å². The molecule has 0 saturated heterocycles. The monoisotopic (exact) mass is 283 g/mol. The van der Waals surface area contributed by atoms with Crippen LogP contribution in [-0.4, -0.2) is 62.8 Å². The molecule has 0 aromatic heterocycles. The van der Waals surface area contributed by atoms with Gasteiger partial charge in [0, 0.05) is 6.21 Å². The Bertz CT molecular complexity index is 411. The van der Waals surface area contributed by atoms with Gasteiger partial charge in [0.2, 0.25) is 0 Å². The lowest BCUT2D eigenvalue weighted by Gasteiger charge is -2.23. The fourth-order valence-corrected chi connectivity index (χ4v) is 1.66. The molecule has 0 aliphatic carbocycles. The number of benzene rings is 1. The van der Waals surface area contributed by atoms with Crippen molar-refractivity contribution in [2.75, 3.05) is 6.61 Å². The van der Waals surface area contributed by atoms with Crippen LogP contribution < -0.4 is 0 Å². The van der Waals surface area contributed by atoms with Crippen LogP contribution in [0, 0.1) is 0 Å². The number of aliphatic hydroxyl groups is 5. The molecule has 0 radical (unpaired) electrons. The van der Waals surface area contributed by atoms with Crippen LogP contribution in [-0.2, 0) is 0 Å². The Morgan fingerprint density at radius 2 is 1.65 bits per heavy atom. The van der Waals surface area contributed by atoms with Gasteiger partial charge in [0.15, 0.2) is 0 Å². The van der Waals surface area contributed by atoms with E-state index in [-0.39, 0.29) is 6.04 Å². The first-order chi connectivity index (χ1) is 9.47. The van der Waals surface area contributed by atoms with Crippen LogP contribution in [0.3, 0.4) is 0 Å². The highest BCUT2D eigenvalue weighted by Gasteiger charge is 2.29. The third kappa shape index (κ3) is 4.66. The lowest BCUT2D eigenvalue weighted by molar-refractivity contribution is -0.0999. The van der Waals surface area contributed by atoms with Gasteiger partial charge in [0.1, 0.15) is 24.4 Å². The van der Waals surface area contributed by atoms with E-state index in [9.17, 15) is 20.4 Å². The van der Waals surface area contributed by atoms with E-state index in [2.05, 4.69) is 4.99 Å². The molecule has 112 valence electrons. The van der Waals surface area contributed by atoms with E-state index in [1.165, 1.54) is 0 Å². The summed E-state index contributed by atoms with van der Waals surface area (Å²) >= 11 is 0. The maximum atomic E-state index is 9.68. The zero-order chi connectivity index (χ0) is 15.1. The summed E-state index contributed by atoms with van der Waals surface area (Å²) < 4.78 is 0. The molecule has 0 aliphatic rings. The van der Waals surface area contributed by atoms with Gasteiger partial charge in [-0.15, -0.1) is 0 Å². The minimum absolute atomic E-state index is 0.210. The van der Waals surface area contributed by atoms with Crippen LogP contribution in [0.2, 0.25) is 0 Å². The summed E-state index contributed by atoms with van der Waals surface area (Å²) in [7, 11) is 0. The average Bonchev–Trinajstić information content (AvgIpc) is 2.50. The highest BCUT2D eigenvalue weighted by atomic mass is 16.4. The first-order valence-electron chi connectivity index (χ1n) is 6.38. The summed E-state index contributed by atoms with van der Waals surface area (Å²) in [5.74, 6) is 0. The number of rotatable bonds is 7. The summed E-state index contributed by atoms with van der Waals surface area (Å²) in [4.78, 5) is 4.09. The van der Waals surface area contributed by atoms with Gasteiger partial charge in [-0.25, -0.2) is 0 Å². The topological polar surface area (TPSA) is 114 Å². The van der Waals surface area contributed by atoms with E-state index in [1.54, 1.807) is 0 Å². The molecule has 0 heterocycles. The number of nitrogens with zero attached hydrogens (tertiary/aromatic N) is 1. The van der Waals surface area contributed by atoms with Gasteiger partial charge in [0.25, 0.3) is 0 Å². The largest absolute Gasteiger partial charge is 0.394 e. The first kappa shape index (κ1) is 16.7. The summed E-state index contributed by atoms with van der Waals surface area (Å²) in [6.07, 6.45) is -5.09. The number of hydrogen-bond acceptors (Lipinski definition) is 6. The maximum absolute atomic E-state index is 9.68.